The predicted octanol–water partition coefficient (Wildman–Crippen LogP) is 2.11. The molecule has 0 aliphatic carbocycles. The number of aromatic nitrogens is 2. The first-order chi connectivity index (χ1) is 13.3. The van der Waals surface area contributed by atoms with Crippen molar-refractivity contribution in [1.29, 1.82) is 0 Å². The molecule has 1 aliphatic heterocycles. The van der Waals surface area contributed by atoms with Crippen molar-refractivity contribution in [3.63, 3.8) is 0 Å². The van der Waals surface area contributed by atoms with Crippen LogP contribution in [-0.2, 0) is 14.8 Å². The molecule has 1 aromatic carbocycles. The van der Waals surface area contributed by atoms with E-state index in [2.05, 4.69) is 14.7 Å². The molecule has 0 radical (unpaired) electrons. The minimum atomic E-state index is -3.68. The lowest BCUT2D eigenvalue weighted by atomic mass is 10.1. The zero-order valence-electron chi connectivity index (χ0n) is 16.1. The van der Waals surface area contributed by atoms with E-state index in [0.29, 0.717) is 30.2 Å². The van der Waals surface area contributed by atoms with Crippen molar-refractivity contribution in [3.8, 4) is 5.88 Å². The van der Waals surface area contributed by atoms with Gasteiger partial charge in [-0.3, -0.25) is 0 Å². The number of nitrogens with zero attached hydrogens (tertiary/aromatic N) is 3. The number of ether oxygens (including phenoxy) is 2. The Kier molecular flexibility index (Phi) is 5.95. The first-order valence-electron chi connectivity index (χ1n) is 8.97. The maximum absolute atomic E-state index is 13.0. The van der Waals surface area contributed by atoms with Crippen LogP contribution in [0.3, 0.4) is 0 Å². The van der Waals surface area contributed by atoms with Gasteiger partial charge < -0.3 is 9.47 Å². The van der Waals surface area contributed by atoms with Crippen molar-refractivity contribution in [3.05, 3.63) is 47.4 Å². The average Bonchev–Trinajstić information content (AvgIpc) is 2.67. The van der Waals surface area contributed by atoms with Crippen LogP contribution >= 0.6 is 0 Å². The largest absolute Gasteiger partial charge is 0.473 e. The van der Waals surface area contributed by atoms with Crippen molar-refractivity contribution in [1.82, 2.24) is 14.3 Å². The third-order valence-electron chi connectivity index (χ3n) is 4.48. The lowest BCUT2D eigenvalue weighted by molar-refractivity contribution is 0.0600. The van der Waals surface area contributed by atoms with E-state index < -0.39 is 16.0 Å². The SMILES string of the molecule is COC(=O)c1ccc(S(=O)(=O)N2CCCC(Oc3cc(C)nc(C)n3)C2)cc1. The molecule has 1 fully saturated rings. The zero-order chi connectivity index (χ0) is 20.3. The molecule has 1 aromatic heterocycles. The monoisotopic (exact) mass is 405 g/mol. The highest BCUT2D eigenvalue weighted by molar-refractivity contribution is 7.89. The maximum atomic E-state index is 13.0. The van der Waals surface area contributed by atoms with Crippen LogP contribution in [0.25, 0.3) is 0 Å². The number of hydrogen-bond donors (Lipinski definition) is 0. The summed E-state index contributed by atoms with van der Waals surface area (Å²) in [6.45, 7) is 4.30. The van der Waals surface area contributed by atoms with Crippen LogP contribution in [0.4, 0.5) is 0 Å². The Morgan fingerprint density at radius 1 is 1.18 bits per heavy atom. The Hall–Kier alpha value is -2.52. The second-order valence-electron chi connectivity index (χ2n) is 6.66. The topological polar surface area (TPSA) is 98.7 Å². The Balaban J connectivity index is 1.74. The van der Waals surface area contributed by atoms with Crippen LogP contribution in [0.15, 0.2) is 35.2 Å². The molecule has 0 spiro atoms. The molecule has 1 saturated heterocycles. The molecule has 2 heterocycles. The van der Waals surface area contributed by atoms with Crippen LogP contribution < -0.4 is 4.74 Å². The molecule has 8 nitrogen and oxygen atoms in total. The van der Waals surface area contributed by atoms with Gasteiger partial charge in [0.25, 0.3) is 0 Å². The molecule has 150 valence electrons. The number of aryl methyl sites for hydroxylation is 2. The number of sulfonamides is 1. The van der Waals surface area contributed by atoms with Crippen LogP contribution in [0.1, 0.15) is 34.7 Å². The van der Waals surface area contributed by atoms with Gasteiger partial charge in [-0.15, -0.1) is 0 Å². The van der Waals surface area contributed by atoms with Crippen LogP contribution in [-0.4, -0.2) is 55.0 Å². The number of carbonyl (C=O) groups excluding carboxylic acids is 1. The van der Waals surface area contributed by atoms with Crippen molar-refractivity contribution in [2.75, 3.05) is 20.2 Å². The molecule has 1 aliphatic rings. The van der Waals surface area contributed by atoms with Crippen molar-refractivity contribution in [2.45, 2.75) is 37.7 Å². The van der Waals surface area contributed by atoms with Crippen LogP contribution in [0.5, 0.6) is 5.88 Å². The van der Waals surface area contributed by atoms with Gasteiger partial charge in [0.1, 0.15) is 11.9 Å². The standard InChI is InChI=1S/C19H23N3O5S/c1-13-11-18(21-14(2)20-13)27-16-5-4-10-22(12-16)28(24,25)17-8-6-15(7-9-17)19(23)26-3/h6-9,11,16H,4-5,10,12H2,1-3H3. The van der Waals surface area contributed by atoms with E-state index in [1.807, 2.05) is 6.92 Å². The minimum Gasteiger partial charge on any atom is -0.473 e. The molecule has 1 unspecified atom stereocenters. The fourth-order valence-corrected chi connectivity index (χ4v) is 4.67. The lowest BCUT2D eigenvalue weighted by Gasteiger charge is -2.31. The summed E-state index contributed by atoms with van der Waals surface area (Å²) in [6.07, 6.45) is 1.15. The second-order valence-corrected chi connectivity index (χ2v) is 8.59. The molecular formula is C19H23N3O5S. The number of benzene rings is 1. The minimum absolute atomic E-state index is 0.134. The van der Waals surface area contributed by atoms with E-state index in [-0.39, 0.29) is 17.5 Å². The van der Waals surface area contributed by atoms with Crippen molar-refractivity contribution < 1.29 is 22.7 Å². The second kappa shape index (κ2) is 8.24. The van der Waals surface area contributed by atoms with Gasteiger partial charge in [0.2, 0.25) is 15.9 Å². The highest BCUT2D eigenvalue weighted by Crippen LogP contribution is 2.24. The number of piperidine rings is 1. The number of hydrogen-bond acceptors (Lipinski definition) is 7. The van der Waals surface area contributed by atoms with E-state index >= 15 is 0 Å². The van der Waals surface area contributed by atoms with Gasteiger partial charge in [-0.1, -0.05) is 0 Å². The molecule has 2 aromatic rings. The van der Waals surface area contributed by atoms with Gasteiger partial charge in [0.15, 0.2) is 0 Å². The van der Waals surface area contributed by atoms with E-state index in [9.17, 15) is 13.2 Å². The fourth-order valence-electron chi connectivity index (χ4n) is 3.16. The quantitative estimate of drug-likeness (QED) is 0.703. The Bertz CT molecular complexity index is 940. The lowest BCUT2D eigenvalue weighted by Crippen LogP contribution is -2.44. The van der Waals surface area contributed by atoms with E-state index in [1.165, 1.54) is 35.7 Å². The Morgan fingerprint density at radius 2 is 1.89 bits per heavy atom. The van der Waals surface area contributed by atoms with Gasteiger partial charge in [-0.25, -0.2) is 18.2 Å². The molecule has 28 heavy (non-hydrogen) atoms. The number of rotatable bonds is 5. The third-order valence-corrected chi connectivity index (χ3v) is 6.36. The van der Waals surface area contributed by atoms with E-state index in [1.54, 1.807) is 13.0 Å². The zero-order valence-corrected chi connectivity index (χ0v) is 16.9. The normalized spacial score (nSPS) is 17.9. The first-order valence-corrected chi connectivity index (χ1v) is 10.4. The van der Waals surface area contributed by atoms with E-state index in [4.69, 9.17) is 4.74 Å². The number of carbonyl (C=O) groups is 1. The maximum Gasteiger partial charge on any atom is 0.337 e. The summed E-state index contributed by atoms with van der Waals surface area (Å²) in [7, 11) is -2.41. The van der Waals surface area contributed by atoms with Crippen molar-refractivity contribution >= 4 is 16.0 Å². The van der Waals surface area contributed by atoms with E-state index in [0.717, 1.165) is 12.1 Å². The predicted molar refractivity (Wildman–Crippen MR) is 102 cm³/mol. The summed E-state index contributed by atoms with van der Waals surface area (Å²) in [6, 6.07) is 7.48. The summed E-state index contributed by atoms with van der Waals surface area (Å²) in [5.41, 5.74) is 1.10. The summed E-state index contributed by atoms with van der Waals surface area (Å²) >= 11 is 0. The summed E-state index contributed by atoms with van der Waals surface area (Å²) in [5, 5.41) is 0. The van der Waals surface area contributed by atoms with Gasteiger partial charge in [-0.05, 0) is 51.0 Å². The van der Waals surface area contributed by atoms with Gasteiger partial charge in [0, 0.05) is 18.3 Å². The Labute approximate surface area is 164 Å². The highest BCUT2D eigenvalue weighted by Gasteiger charge is 2.31. The smallest absolute Gasteiger partial charge is 0.337 e. The van der Waals surface area contributed by atoms with Crippen LogP contribution in [0, 0.1) is 13.8 Å². The summed E-state index contributed by atoms with van der Waals surface area (Å²) in [4.78, 5) is 20.1. The third kappa shape index (κ3) is 4.48. The molecule has 0 bridgehead atoms. The van der Waals surface area contributed by atoms with Crippen molar-refractivity contribution in [2.24, 2.45) is 0 Å². The molecule has 3 rings (SSSR count). The first kappa shape index (κ1) is 20.2. The molecular weight excluding hydrogens is 382 g/mol. The number of methoxy groups -OCH3 is 1. The molecule has 9 heteroatoms. The average molecular weight is 405 g/mol. The molecule has 0 saturated carbocycles. The fraction of sp³-hybridized carbons (Fsp3) is 0.421. The highest BCUT2D eigenvalue weighted by atomic mass is 32.2. The van der Waals surface area contributed by atoms with Gasteiger partial charge in [0.05, 0.1) is 24.1 Å². The van der Waals surface area contributed by atoms with Crippen LogP contribution in [0.2, 0.25) is 0 Å². The molecule has 0 amide bonds. The molecule has 0 N–H and O–H groups in total. The summed E-state index contributed by atoms with van der Waals surface area (Å²) < 4.78 is 37.9. The van der Waals surface area contributed by atoms with Gasteiger partial charge in [-0.2, -0.15) is 9.29 Å². The molecule has 1 atom stereocenters. The Morgan fingerprint density at radius 3 is 2.54 bits per heavy atom. The number of esters is 1. The summed E-state index contributed by atoms with van der Waals surface area (Å²) in [5.74, 6) is 0.559. The van der Waals surface area contributed by atoms with Gasteiger partial charge >= 0.3 is 5.97 Å².